The highest BCUT2D eigenvalue weighted by Crippen LogP contribution is 2.16. The summed E-state index contributed by atoms with van der Waals surface area (Å²) in [7, 11) is 1.55. The third kappa shape index (κ3) is 5.01. The minimum absolute atomic E-state index is 0.00549. The molecule has 92 valence electrons. The molecular weight excluding hydrogens is 222 g/mol. The van der Waals surface area contributed by atoms with E-state index in [0.29, 0.717) is 17.9 Å². The Kier molecular flexibility index (Phi) is 5.00. The Morgan fingerprint density at radius 3 is 2.76 bits per heavy atom. The van der Waals surface area contributed by atoms with E-state index in [1.165, 1.54) is 0 Å². The number of carbonyl (C=O) groups is 2. The predicted octanol–water partition coefficient (Wildman–Crippen LogP) is 1.89. The van der Waals surface area contributed by atoms with E-state index >= 15 is 0 Å². The van der Waals surface area contributed by atoms with Gasteiger partial charge in [-0.1, -0.05) is 6.07 Å². The molecule has 0 saturated carbocycles. The van der Waals surface area contributed by atoms with Crippen molar-refractivity contribution in [3.8, 4) is 5.75 Å². The predicted molar refractivity (Wildman–Crippen MR) is 63.1 cm³/mol. The van der Waals surface area contributed by atoms with Gasteiger partial charge < -0.3 is 15.2 Å². The lowest BCUT2D eigenvalue weighted by Crippen LogP contribution is -2.11. The van der Waals surface area contributed by atoms with Gasteiger partial charge in [0.25, 0.3) is 0 Å². The van der Waals surface area contributed by atoms with Gasteiger partial charge in [-0.05, 0) is 18.6 Å². The van der Waals surface area contributed by atoms with Crippen molar-refractivity contribution < 1.29 is 19.4 Å². The molecule has 0 spiro atoms. The number of ether oxygens (including phenoxy) is 1. The number of aliphatic carboxylic acids is 1. The van der Waals surface area contributed by atoms with E-state index < -0.39 is 5.97 Å². The average Bonchev–Trinajstić information content (AvgIpc) is 2.28. The lowest BCUT2D eigenvalue weighted by molar-refractivity contribution is -0.137. The molecule has 0 heterocycles. The number of methoxy groups -OCH3 is 1. The van der Waals surface area contributed by atoms with E-state index in [1.54, 1.807) is 31.4 Å². The molecule has 1 amide bonds. The maximum absolute atomic E-state index is 11.4. The highest BCUT2D eigenvalue weighted by atomic mass is 16.5. The highest BCUT2D eigenvalue weighted by Gasteiger charge is 2.04. The molecule has 1 rings (SSSR count). The van der Waals surface area contributed by atoms with Crippen molar-refractivity contribution in [1.82, 2.24) is 0 Å². The van der Waals surface area contributed by atoms with Gasteiger partial charge in [0.05, 0.1) is 7.11 Å². The number of carboxylic acids is 1. The van der Waals surface area contributed by atoms with E-state index in [9.17, 15) is 9.59 Å². The Morgan fingerprint density at radius 2 is 2.12 bits per heavy atom. The first-order valence-corrected chi connectivity index (χ1v) is 5.27. The third-order valence-electron chi connectivity index (χ3n) is 2.15. The van der Waals surface area contributed by atoms with Crippen molar-refractivity contribution in [3.05, 3.63) is 24.3 Å². The Morgan fingerprint density at radius 1 is 1.35 bits per heavy atom. The van der Waals surface area contributed by atoms with Crippen LogP contribution in [0.3, 0.4) is 0 Å². The van der Waals surface area contributed by atoms with Crippen molar-refractivity contribution in [2.75, 3.05) is 12.4 Å². The van der Waals surface area contributed by atoms with Crippen LogP contribution in [0.25, 0.3) is 0 Å². The molecule has 0 bridgehead atoms. The zero-order valence-corrected chi connectivity index (χ0v) is 9.60. The number of carboxylic acid groups (broad SMARTS) is 1. The Hall–Kier alpha value is -2.04. The Balaban J connectivity index is 2.42. The zero-order valence-electron chi connectivity index (χ0n) is 9.60. The molecule has 0 saturated heterocycles. The molecule has 0 radical (unpaired) electrons. The van der Waals surface area contributed by atoms with Gasteiger partial charge in [-0.15, -0.1) is 0 Å². The van der Waals surface area contributed by atoms with Crippen LogP contribution >= 0.6 is 0 Å². The van der Waals surface area contributed by atoms with Crippen LogP contribution in [0.4, 0.5) is 5.69 Å². The van der Waals surface area contributed by atoms with Gasteiger partial charge >= 0.3 is 5.97 Å². The van der Waals surface area contributed by atoms with Gasteiger partial charge in [0.1, 0.15) is 5.75 Å². The SMILES string of the molecule is COc1cccc(NC(=O)CCCC(=O)O)c1. The van der Waals surface area contributed by atoms with Crippen LogP contribution in [0, 0.1) is 0 Å². The summed E-state index contributed by atoms with van der Waals surface area (Å²) in [6, 6.07) is 7.00. The molecule has 1 aromatic carbocycles. The van der Waals surface area contributed by atoms with E-state index in [4.69, 9.17) is 9.84 Å². The standard InChI is InChI=1S/C12H15NO4/c1-17-10-5-2-4-9(8-10)13-11(14)6-3-7-12(15)16/h2,4-5,8H,3,6-7H2,1H3,(H,13,14)(H,15,16). The summed E-state index contributed by atoms with van der Waals surface area (Å²) >= 11 is 0. The molecular formula is C12H15NO4. The summed E-state index contributed by atoms with van der Waals surface area (Å²) in [5.41, 5.74) is 0.643. The average molecular weight is 237 g/mol. The summed E-state index contributed by atoms with van der Waals surface area (Å²) in [6.07, 6.45) is 0.542. The lowest BCUT2D eigenvalue weighted by Gasteiger charge is -2.06. The number of benzene rings is 1. The summed E-state index contributed by atoms with van der Waals surface area (Å²) in [5.74, 6) is -0.424. The first-order valence-electron chi connectivity index (χ1n) is 5.27. The molecule has 2 N–H and O–H groups in total. The van der Waals surface area contributed by atoms with Gasteiger partial charge in [-0.25, -0.2) is 0 Å². The van der Waals surface area contributed by atoms with Gasteiger partial charge in [0.15, 0.2) is 0 Å². The van der Waals surface area contributed by atoms with Crippen LogP contribution in [0.1, 0.15) is 19.3 Å². The fraction of sp³-hybridized carbons (Fsp3) is 0.333. The van der Waals surface area contributed by atoms with Crippen molar-refractivity contribution in [3.63, 3.8) is 0 Å². The third-order valence-corrected chi connectivity index (χ3v) is 2.15. The summed E-state index contributed by atoms with van der Waals surface area (Å²) in [4.78, 5) is 21.7. The minimum atomic E-state index is -0.890. The number of carbonyl (C=O) groups excluding carboxylic acids is 1. The molecule has 17 heavy (non-hydrogen) atoms. The van der Waals surface area contributed by atoms with Gasteiger partial charge in [-0.3, -0.25) is 9.59 Å². The fourth-order valence-corrected chi connectivity index (χ4v) is 1.32. The second-order valence-electron chi connectivity index (χ2n) is 3.53. The number of amides is 1. The molecule has 0 aromatic heterocycles. The monoisotopic (exact) mass is 237 g/mol. The number of nitrogens with one attached hydrogen (secondary N) is 1. The Labute approximate surface area is 99.4 Å². The summed E-state index contributed by atoms with van der Waals surface area (Å²) < 4.78 is 5.02. The minimum Gasteiger partial charge on any atom is -0.497 e. The highest BCUT2D eigenvalue weighted by molar-refractivity contribution is 5.91. The smallest absolute Gasteiger partial charge is 0.303 e. The molecule has 0 aliphatic heterocycles. The quantitative estimate of drug-likeness (QED) is 0.792. The lowest BCUT2D eigenvalue weighted by atomic mass is 10.2. The molecule has 0 atom stereocenters. The normalized spacial score (nSPS) is 9.71. The maximum Gasteiger partial charge on any atom is 0.303 e. The van der Waals surface area contributed by atoms with Crippen molar-refractivity contribution in [1.29, 1.82) is 0 Å². The maximum atomic E-state index is 11.4. The molecule has 0 aliphatic rings. The molecule has 0 aliphatic carbocycles. The fourth-order valence-electron chi connectivity index (χ4n) is 1.32. The second-order valence-corrected chi connectivity index (χ2v) is 3.53. The van der Waals surface area contributed by atoms with Crippen molar-refractivity contribution in [2.24, 2.45) is 0 Å². The zero-order chi connectivity index (χ0) is 12.7. The van der Waals surface area contributed by atoms with E-state index in [1.807, 2.05) is 0 Å². The second kappa shape index (κ2) is 6.52. The largest absolute Gasteiger partial charge is 0.497 e. The van der Waals surface area contributed by atoms with Gasteiger partial charge in [-0.2, -0.15) is 0 Å². The van der Waals surface area contributed by atoms with Crippen LogP contribution < -0.4 is 10.1 Å². The first kappa shape index (κ1) is 13.0. The van der Waals surface area contributed by atoms with Crippen LogP contribution in [0.2, 0.25) is 0 Å². The number of rotatable bonds is 6. The summed E-state index contributed by atoms with van der Waals surface area (Å²) in [5, 5.41) is 11.1. The number of hydrogen-bond acceptors (Lipinski definition) is 3. The van der Waals surface area contributed by atoms with Crippen molar-refractivity contribution >= 4 is 17.6 Å². The van der Waals surface area contributed by atoms with Crippen LogP contribution in [-0.2, 0) is 9.59 Å². The van der Waals surface area contributed by atoms with E-state index in [2.05, 4.69) is 5.32 Å². The molecule has 5 heteroatoms. The van der Waals surface area contributed by atoms with Crippen LogP contribution in [0.15, 0.2) is 24.3 Å². The van der Waals surface area contributed by atoms with Gasteiger partial charge in [0, 0.05) is 24.6 Å². The van der Waals surface area contributed by atoms with Crippen LogP contribution in [-0.4, -0.2) is 24.1 Å². The number of anilines is 1. The summed E-state index contributed by atoms with van der Waals surface area (Å²) in [6.45, 7) is 0. The topological polar surface area (TPSA) is 75.6 Å². The molecule has 0 unspecified atom stereocenters. The van der Waals surface area contributed by atoms with Crippen molar-refractivity contribution in [2.45, 2.75) is 19.3 Å². The van der Waals surface area contributed by atoms with E-state index in [0.717, 1.165) is 0 Å². The van der Waals surface area contributed by atoms with Gasteiger partial charge in [0.2, 0.25) is 5.91 Å². The Bertz CT molecular complexity index is 403. The molecule has 5 nitrogen and oxygen atoms in total. The number of hydrogen-bond donors (Lipinski definition) is 2. The van der Waals surface area contributed by atoms with Crippen LogP contribution in [0.5, 0.6) is 5.75 Å². The van der Waals surface area contributed by atoms with E-state index in [-0.39, 0.29) is 18.7 Å². The molecule has 0 fully saturated rings. The molecule has 1 aromatic rings. The first-order chi connectivity index (χ1) is 8.11.